The highest BCUT2D eigenvalue weighted by Gasteiger charge is 2.13. The van der Waals surface area contributed by atoms with E-state index in [1.54, 1.807) is 0 Å². The number of esters is 1. The second-order valence-electron chi connectivity index (χ2n) is 6.50. The van der Waals surface area contributed by atoms with Crippen LogP contribution in [0.25, 0.3) is 0 Å². The predicted octanol–water partition coefficient (Wildman–Crippen LogP) is 2.89. The number of amides is 1. The molecule has 0 unspecified atom stereocenters. The van der Waals surface area contributed by atoms with Crippen LogP contribution in [0.4, 0.5) is 0 Å². The largest absolute Gasteiger partial charge is 0.455 e. The second-order valence-corrected chi connectivity index (χ2v) is 6.50. The Balaban J connectivity index is 1.42. The summed E-state index contributed by atoms with van der Waals surface area (Å²) in [6.07, 6.45) is 3.60. The van der Waals surface area contributed by atoms with Gasteiger partial charge in [0.15, 0.2) is 6.61 Å². The lowest BCUT2D eigenvalue weighted by Crippen LogP contribution is -2.28. The molecular formula is C21H23NO3. The van der Waals surface area contributed by atoms with E-state index in [2.05, 4.69) is 17.4 Å². The fraction of sp³-hybridized carbons (Fsp3) is 0.333. The molecule has 1 aliphatic rings. The van der Waals surface area contributed by atoms with Gasteiger partial charge in [-0.1, -0.05) is 42.5 Å². The first-order valence-corrected chi connectivity index (χ1v) is 8.69. The molecule has 4 heteroatoms. The molecule has 130 valence electrons. The third-order valence-electron chi connectivity index (χ3n) is 4.61. The Morgan fingerprint density at radius 3 is 2.72 bits per heavy atom. The zero-order valence-corrected chi connectivity index (χ0v) is 14.5. The highest BCUT2D eigenvalue weighted by atomic mass is 16.5. The first-order chi connectivity index (χ1) is 12.1. The molecule has 0 saturated carbocycles. The highest BCUT2D eigenvalue weighted by molar-refractivity contribution is 5.81. The number of benzene rings is 2. The smallest absolute Gasteiger partial charge is 0.310 e. The summed E-state index contributed by atoms with van der Waals surface area (Å²) in [5, 5.41) is 2.78. The van der Waals surface area contributed by atoms with Gasteiger partial charge in [-0.15, -0.1) is 0 Å². The number of ether oxygens (including phenoxy) is 1. The lowest BCUT2D eigenvalue weighted by molar-refractivity contribution is -0.147. The Morgan fingerprint density at radius 1 is 1.08 bits per heavy atom. The van der Waals surface area contributed by atoms with Crippen molar-refractivity contribution in [3.8, 4) is 0 Å². The van der Waals surface area contributed by atoms with Gasteiger partial charge in [-0.25, -0.2) is 0 Å². The molecule has 1 N–H and O–H groups in total. The Morgan fingerprint density at radius 2 is 1.88 bits per heavy atom. The van der Waals surface area contributed by atoms with Crippen LogP contribution in [0.1, 0.15) is 34.2 Å². The van der Waals surface area contributed by atoms with E-state index in [1.807, 2.05) is 37.3 Å². The monoisotopic (exact) mass is 337 g/mol. The Kier molecular flexibility index (Phi) is 5.49. The van der Waals surface area contributed by atoms with Crippen molar-refractivity contribution in [1.82, 2.24) is 5.32 Å². The molecule has 2 aromatic rings. The van der Waals surface area contributed by atoms with Crippen LogP contribution in [-0.4, -0.2) is 18.5 Å². The van der Waals surface area contributed by atoms with Gasteiger partial charge in [0, 0.05) is 6.54 Å². The molecule has 0 aliphatic heterocycles. The van der Waals surface area contributed by atoms with Crippen molar-refractivity contribution in [3.05, 3.63) is 70.3 Å². The van der Waals surface area contributed by atoms with E-state index < -0.39 is 0 Å². The summed E-state index contributed by atoms with van der Waals surface area (Å²) in [7, 11) is 0. The summed E-state index contributed by atoms with van der Waals surface area (Å²) in [4.78, 5) is 23.8. The van der Waals surface area contributed by atoms with Crippen LogP contribution in [0.5, 0.6) is 0 Å². The Labute approximate surface area is 148 Å². The zero-order chi connectivity index (χ0) is 17.6. The maximum absolute atomic E-state index is 11.9. The molecule has 0 fully saturated rings. The van der Waals surface area contributed by atoms with Crippen molar-refractivity contribution in [2.75, 3.05) is 6.61 Å². The lowest BCUT2D eigenvalue weighted by Gasteiger charge is -2.09. The van der Waals surface area contributed by atoms with Gasteiger partial charge >= 0.3 is 5.97 Å². The number of nitrogens with one attached hydrogen (secondary N) is 1. The van der Waals surface area contributed by atoms with Crippen molar-refractivity contribution >= 4 is 11.9 Å². The Bertz CT molecular complexity index is 782. The average Bonchev–Trinajstić information content (AvgIpc) is 3.07. The molecule has 0 heterocycles. The highest BCUT2D eigenvalue weighted by Crippen LogP contribution is 2.23. The molecule has 1 amide bonds. The van der Waals surface area contributed by atoms with Crippen LogP contribution in [0.2, 0.25) is 0 Å². The first-order valence-electron chi connectivity index (χ1n) is 8.69. The molecule has 0 atom stereocenters. The molecule has 0 bridgehead atoms. The second kappa shape index (κ2) is 7.97. The molecule has 25 heavy (non-hydrogen) atoms. The van der Waals surface area contributed by atoms with Crippen LogP contribution < -0.4 is 5.32 Å². The molecular weight excluding hydrogens is 314 g/mol. The van der Waals surface area contributed by atoms with Crippen LogP contribution in [0.15, 0.2) is 42.5 Å². The van der Waals surface area contributed by atoms with Crippen molar-refractivity contribution in [1.29, 1.82) is 0 Å². The van der Waals surface area contributed by atoms with Gasteiger partial charge in [0.2, 0.25) is 0 Å². The maximum Gasteiger partial charge on any atom is 0.310 e. The lowest BCUT2D eigenvalue weighted by atomic mass is 10.0. The fourth-order valence-electron chi connectivity index (χ4n) is 3.15. The molecule has 0 aromatic heterocycles. The Hall–Kier alpha value is -2.62. The minimum Gasteiger partial charge on any atom is -0.455 e. The summed E-state index contributed by atoms with van der Waals surface area (Å²) in [6, 6.07) is 14.0. The topological polar surface area (TPSA) is 55.4 Å². The summed E-state index contributed by atoms with van der Waals surface area (Å²) in [5.74, 6) is -0.658. The fourth-order valence-corrected chi connectivity index (χ4v) is 3.15. The molecule has 1 aliphatic carbocycles. The zero-order valence-electron chi connectivity index (χ0n) is 14.5. The molecule has 0 radical (unpaired) electrons. The van der Waals surface area contributed by atoms with Gasteiger partial charge in [-0.3, -0.25) is 9.59 Å². The minimum atomic E-state index is -0.371. The third kappa shape index (κ3) is 4.69. The van der Waals surface area contributed by atoms with E-state index in [4.69, 9.17) is 4.74 Å². The van der Waals surface area contributed by atoms with E-state index in [-0.39, 0.29) is 24.9 Å². The van der Waals surface area contributed by atoms with Crippen molar-refractivity contribution in [2.24, 2.45) is 0 Å². The average molecular weight is 337 g/mol. The summed E-state index contributed by atoms with van der Waals surface area (Å²) in [6.45, 7) is 2.20. The molecule has 3 rings (SSSR count). The van der Waals surface area contributed by atoms with E-state index in [9.17, 15) is 9.59 Å². The number of carbonyl (C=O) groups is 2. The first kappa shape index (κ1) is 17.2. The van der Waals surface area contributed by atoms with Gasteiger partial charge in [-0.2, -0.15) is 0 Å². The van der Waals surface area contributed by atoms with E-state index in [1.165, 1.54) is 17.5 Å². The van der Waals surface area contributed by atoms with Gasteiger partial charge in [0.25, 0.3) is 5.91 Å². The number of rotatable bonds is 6. The van der Waals surface area contributed by atoms with Gasteiger partial charge < -0.3 is 10.1 Å². The molecule has 4 nitrogen and oxygen atoms in total. The summed E-state index contributed by atoms with van der Waals surface area (Å²) in [5.41, 5.74) is 5.84. The van der Waals surface area contributed by atoms with E-state index in [0.717, 1.165) is 29.5 Å². The number of fused-ring (bicyclic) bond motifs is 1. The standard InChI is InChI=1S/C21H23NO3/c1-15-5-2-3-6-19(15)13-22-20(23)14-25-21(24)12-16-9-10-17-7-4-8-18(17)11-16/h2-3,5-6,9-11H,4,7-8,12-14H2,1H3,(H,22,23). The predicted molar refractivity (Wildman–Crippen MR) is 96.2 cm³/mol. The summed E-state index contributed by atoms with van der Waals surface area (Å²) < 4.78 is 5.09. The van der Waals surface area contributed by atoms with Gasteiger partial charge in [0.05, 0.1) is 6.42 Å². The number of aryl methyl sites for hydroxylation is 3. The van der Waals surface area contributed by atoms with Crippen LogP contribution in [0.3, 0.4) is 0 Å². The third-order valence-corrected chi connectivity index (χ3v) is 4.61. The normalized spacial score (nSPS) is 12.5. The van der Waals surface area contributed by atoms with Crippen LogP contribution >= 0.6 is 0 Å². The molecule has 0 saturated heterocycles. The maximum atomic E-state index is 11.9. The molecule has 0 spiro atoms. The van der Waals surface area contributed by atoms with Crippen LogP contribution in [-0.2, 0) is 40.1 Å². The van der Waals surface area contributed by atoms with Gasteiger partial charge in [-0.05, 0) is 54.0 Å². The quantitative estimate of drug-likeness (QED) is 0.825. The number of hydrogen-bond donors (Lipinski definition) is 1. The van der Waals surface area contributed by atoms with Crippen molar-refractivity contribution in [3.63, 3.8) is 0 Å². The van der Waals surface area contributed by atoms with Crippen LogP contribution in [0, 0.1) is 6.92 Å². The van der Waals surface area contributed by atoms with E-state index >= 15 is 0 Å². The van der Waals surface area contributed by atoms with Gasteiger partial charge in [0.1, 0.15) is 0 Å². The minimum absolute atomic E-state index is 0.207. The van der Waals surface area contributed by atoms with E-state index in [0.29, 0.717) is 6.54 Å². The SMILES string of the molecule is Cc1ccccc1CNC(=O)COC(=O)Cc1ccc2c(c1)CCC2. The molecule has 2 aromatic carbocycles. The summed E-state index contributed by atoms with van der Waals surface area (Å²) >= 11 is 0. The number of carbonyl (C=O) groups excluding carboxylic acids is 2. The van der Waals surface area contributed by atoms with Crippen molar-refractivity contribution in [2.45, 2.75) is 39.2 Å². The van der Waals surface area contributed by atoms with Crippen molar-refractivity contribution < 1.29 is 14.3 Å². The number of hydrogen-bond acceptors (Lipinski definition) is 3.